The van der Waals surface area contributed by atoms with Crippen molar-refractivity contribution in [3.8, 4) is 11.1 Å². The molecule has 0 fully saturated rings. The molecule has 0 atom stereocenters. The molecule has 0 saturated carbocycles. The highest BCUT2D eigenvalue weighted by Crippen LogP contribution is 2.24. The van der Waals surface area contributed by atoms with Gasteiger partial charge in [-0.2, -0.15) is 0 Å². The number of amides is 1. The molecule has 0 radical (unpaired) electrons. The third kappa shape index (κ3) is 2.99. The van der Waals surface area contributed by atoms with Crippen LogP contribution in [0.3, 0.4) is 0 Å². The summed E-state index contributed by atoms with van der Waals surface area (Å²) in [5.74, 6) is -0.217. The molecule has 0 saturated heterocycles. The summed E-state index contributed by atoms with van der Waals surface area (Å²) in [7, 11) is 0. The van der Waals surface area contributed by atoms with E-state index in [1.54, 1.807) is 0 Å². The van der Waals surface area contributed by atoms with Crippen LogP contribution in [0.1, 0.15) is 0 Å². The Kier molecular flexibility index (Phi) is 3.80. The Labute approximate surface area is 111 Å². The summed E-state index contributed by atoms with van der Waals surface area (Å²) >= 11 is 5.95. The minimum Gasteiger partial charge on any atom is -0.323 e. The highest BCUT2D eigenvalue weighted by atomic mass is 35.5. The fourth-order valence-electron chi connectivity index (χ4n) is 1.61. The molecule has 1 N–H and O–H groups in total. The van der Waals surface area contributed by atoms with Gasteiger partial charge in [-0.3, -0.25) is 4.79 Å². The van der Waals surface area contributed by atoms with E-state index < -0.39 is 0 Å². The molecule has 0 aliphatic heterocycles. The highest BCUT2D eigenvalue weighted by Gasteiger charge is 2.00. The van der Waals surface area contributed by atoms with Crippen LogP contribution in [0, 0.1) is 0 Å². The zero-order valence-corrected chi connectivity index (χ0v) is 10.4. The van der Waals surface area contributed by atoms with Crippen LogP contribution in [0.4, 0.5) is 5.69 Å². The fraction of sp³-hybridized carbons (Fsp3) is 0. The van der Waals surface area contributed by atoms with Crippen molar-refractivity contribution >= 4 is 23.2 Å². The normalized spacial score (nSPS) is 9.83. The predicted octanol–water partition coefficient (Wildman–Crippen LogP) is 4.13. The molecule has 0 aliphatic carbocycles. The van der Waals surface area contributed by atoms with Gasteiger partial charge in [0.1, 0.15) is 0 Å². The highest BCUT2D eigenvalue weighted by molar-refractivity contribution is 6.30. The number of rotatable bonds is 3. The van der Waals surface area contributed by atoms with Gasteiger partial charge in [-0.1, -0.05) is 42.4 Å². The van der Waals surface area contributed by atoms with Gasteiger partial charge in [0.2, 0.25) is 5.91 Å². The Balaban J connectivity index is 2.22. The van der Waals surface area contributed by atoms with Crippen LogP contribution in [-0.2, 0) is 4.79 Å². The largest absolute Gasteiger partial charge is 0.323 e. The Hall–Kier alpha value is -2.06. The van der Waals surface area contributed by atoms with Crippen molar-refractivity contribution in [1.82, 2.24) is 0 Å². The molecule has 0 unspecified atom stereocenters. The molecule has 2 aromatic carbocycles. The molecular formula is C15H12ClNO. The summed E-state index contributed by atoms with van der Waals surface area (Å²) in [5, 5.41) is 3.40. The van der Waals surface area contributed by atoms with E-state index in [2.05, 4.69) is 11.9 Å². The topological polar surface area (TPSA) is 29.1 Å². The summed E-state index contributed by atoms with van der Waals surface area (Å²) in [6, 6.07) is 15.2. The van der Waals surface area contributed by atoms with Gasteiger partial charge in [0, 0.05) is 10.7 Å². The number of carbonyl (C=O) groups is 1. The van der Waals surface area contributed by atoms with Gasteiger partial charge in [-0.15, -0.1) is 0 Å². The van der Waals surface area contributed by atoms with E-state index in [9.17, 15) is 4.79 Å². The predicted molar refractivity (Wildman–Crippen MR) is 75.7 cm³/mol. The van der Waals surface area contributed by atoms with Gasteiger partial charge in [-0.25, -0.2) is 0 Å². The van der Waals surface area contributed by atoms with Gasteiger partial charge in [0.05, 0.1) is 0 Å². The lowest BCUT2D eigenvalue weighted by Gasteiger charge is -2.05. The van der Waals surface area contributed by atoms with Crippen LogP contribution in [0.25, 0.3) is 11.1 Å². The quantitative estimate of drug-likeness (QED) is 0.823. The summed E-state index contributed by atoms with van der Waals surface area (Å²) in [6.45, 7) is 3.40. The van der Waals surface area contributed by atoms with Gasteiger partial charge in [0.25, 0.3) is 0 Å². The summed E-state index contributed by atoms with van der Waals surface area (Å²) in [4.78, 5) is 11.1. The van der Waals surface area contributed by atoms with Gasteiger partial charge >= 0.3 is 0 Å². The Morgan fingerprint density at radius 3 is 2.44 bits per heavy atom. The third-order valence-electron chi connectivity index (χ3n) is 2.50. The number of carbonyl (C=O) groups excluding carboxylic acids is 1. The second-order valence-electron chi connectivity index (χ2n) is 3.78. The number of benzene rings is 2. The van der Waals surface area contributed by atoms with E-state index >= 15 is 0 Å². The van der Waals surface area contributed by atoms with Crippen molar-refractivity contribution in [3.05, 3.63) is 66.2 Å². The minimum atomic E-state index is -0.217. The Morgan fingerprint density at radius 1 is 1.11 bits per heavy atom. The van der Waals surface area contributed by atoms with Gasteiger partial charge < -0.3 is 5.32 Å². The molecular weight excluding hydrogens is 246 g/mol. The summed E-state index contributed by atoms with van der Waals surface area (Å²) in [6.07, 6.45) is 1.24. The molecule has 0 bridgehead atoms. The van der Waals surface area contributed by atoms with Crippen LogP contribution in [0.5, 0.6) is 0 Å². The number of halogens is 1. The summed E-state index contributed by atoms with van der Waals surface area (Å²) < 4.78 is 0. The lowest BCUT2D eigenvalue weighted by atomic mass is 10.1. The zero-order valence-electron chi connectivity index (χ0n) is 9.69. The maximum Gasteiger partial charge on any atom is 0.247 e. The van der Waals surface area contributed by atoms with Crippen molar-refractivity contribution in [1.29, 1.82) is 0 Å². The van der Waals surface area contributed by atoms with Crippen molar-refractivity contribution in [2.75, 3.05) is 5.32 Å². The maximum absolute atomic E-state index is 11.1. The first-order valence-electron chi connectivity index (χ1n) is 5.48. The average Bonchev–Trinajstić information content (AvgIpc) is 2.39. The molecule has 2 rings (SSSR count). The fourth-order valence-corrected chi connectivity index (χ4v) is 1.80. The zero-order chi connectivity index (χ0) is 13.0. The van der Waals surface area contributed by atoms with Crippen molar-refractivity contribution in [3.63, 3.8) is 0 Å². The molecule has 0 aliphatic rings. The SMILES string of the molecule is C=CC(=O)Nc1ccc(-c2cccc(Cl)c2)cc1. The van der Waals surface area contributed by atoms with Crippen molar-refractivity contribution in [2.24, 2.45) is 0 Å². The third-order valence-corrected chi connectivity index (χ3v) is 2.73. The molecule has 2 nitrogen and oxygen atoms in total. The lowest BCUT2D eigenvalue weighted by molar-refractivity contribution is -0.111. The van der Waals surface area contributed by atoms with E-state index in [1.807, 2.05) is 48.5 Å². The molecule has 3 heteroatoms. The molecule has 1 amide bonds. The van der Waals surface area contributed by atoms with Crippen LogP contribution in [0.15, 0.2) is 61.2 Å². The van der Waals surface area contributed by atoms with Gasteiger partial charge in [-0.05, 0) is 41.5 Å². The Bertz CT molecular complexity index is 575. The first kappa shape index (κ1) is 12.4. The Morgan fingerprint density at radius 2 is 1.83 bits per heavy atom. The first-order chi connectivity index (χ1) is 8.69. The lowest BCUT2D eigenvalue weighted by Crippen LogP contribution is -2.06. The maximum atomic E-state index is 11.1. The smallest absolute Gasteiger partial charge is 0.247 e. The number of anilines is 1. The van der Waals surface area contributed by atoms with Crippen molar-refractivity contribution in [2.45, 2.75) is 0 Å². The van der Waals surface area contributed by atoms with Crippen LogP contribution < -0.4 is 5.32 Å². The minimum absolute atomic E-state index is 0.217. The van der Waals surface area contributed by atoms with E-state index in [0.29, 0.717) is 5.02 Å². The molecule has 0 spiro atoms. The number of hydrogen-bond acceptors (Lipinski definition) is 1. The van der Waals surface area contributed by atoms with E-state index in [-0.39, 0.29) is 5.91 Å². The van der Waals surface area contributed by atoms with E-state index in [4.69, 9.17) is 11.6 Å². The van der Waals surface area contributed by atoms with E-state index in [0.717, 1.165) is 16.8 Å². The van der Waals surface area contributed by atoms with Gasteiger partial charge in [0.15, 0.2) is 0 Å². The first-order valence-corrected chi connectivity index (χ1v) is 5.86. The van der Waals surface area contributed by atoms with E-state index in [1.165, 1.54) is 6.08 Å². The second-order valence-corrected chi connectivity index (χ2v) is 4.22. The summed E-state index contributed by atoms with van der Waals surface area (Å²) in [5.41, 5.74) is 2.84. The number of nitrogens with one attached hydrogen (secondary N) is 1. The standard InChI is InChI=1S/C15H12ClNO/c1-2-15(18)17-14-8-6-11(7-9-14)12-4-3-5-13(16)10-12/h2-10H,1H2,(H,17,18). The molecule has 90 valence electrons. The van der Waals surface area contributed by atoms with Crippen LogP contribution in [-0.4, -0.2) is 5.91 Å². The molecule has 18 heavy (non-hydrogen) atoms. The van der Waals surface area contributed by atoms with Crippen molar-refractivity contribution < 1.29 is 4.79 Å². The molecule has 0 aromatic heterocycles. The second kappa shape index (κ2) is 5.52. The number of hydrogen-bond donors (Lipinski definition) is 1. The van der Waals surface area contributed by atoms with Crippen LogP contribution >= 0.6 is 11.6 Å². The average molecular weight is 258 g/mol. The molecule has 0 heterocycles. The molecule has 2 aromatic rings. The monoisotopic (exact) mass is 257 g/mol. The van der Waals surface area contributed by atoms with Crippen LogP contribution in [0.2, 0.25) is 5.02 Å².